The third kappa shape index (κ3) is 4.35. The standard InChI is InChI=1S/C19H26N4O4S/c1-13(2)28(26,27)15-8-10-23(18(24)12-15)16(11-14-5-3-4-6-14)19(25)21-17-7-9-20-22-17/h7-10,12-14,16H,3-6,11H2,1-2H3,(H2,20,21,22,25)/t16-/m0/s1. The lowest BCUT2D eigenvalue weighted by molar-refractivity contribution is -0.119. The van der Waals surface area contributed by atoms with Crippen molar-refractivity contribution < 1.29 is 13.2 Å². The molecule has 1 aliphatic carbocycles. The zero-order valence-corrected chi connectivity index (χ0v) is 16.9. The number of carbonyl (C=O) groups excluding carboxylic acids is 1. The van der Waals surface area contributed by atoms with Crippen molar-refractivity contribution in [2.24, 2.45) is 5.92 Å². The Morgan fingerprint density at radius 3 is 2.61 bits per heavy atom. The summed E-state index contributed by atoms with van der Waals surface area (Å²) in [4.78, 5) is 25.6. The Hall–Kier alpha value is -2.42. The van der Waals surface area contributed by atoms with E-state index in [1.165, 1.54) is 23.0 Å². The first-order valence-corrected chi connectivity index (χ1v) is 11.1. The van der Waals surface area contributed by atoms with Gasteiger partial charge in [-0.15, -0.1) is 0 Å². The smallest absolute Gasteiger partial charge is 0.252 e. The van der Waals surface area contributed by atoms with E-state index in [0.717, 1.165) is 31.7 Å². The van der Waals surface area contributed by atoms with Gasteiger partial charge in [-0.05, 0) is 32.3 Å². The van der Waals surface area contributed by atoms with E-state index >= 15 is 0 Å². The molecule has 1 amide bonds. The molecule has 0 unspecified atom stereocenters. The Kier molecular flexibility index (Phi) is 6.02. The highest BCUT2D eigenvalue weighted by atomic mass is 32.2. The Balaban J connectivity index is 1.92. The molecule has 2 heterocycles. The number of nitrogens with zero attached hydrogens (tertiary/aromatic N) is 2. The molecule has 0 bridgehead atoms. The maximum Gasteiger partial charge on any atom is 0.252 e. The summed E-state index contributed by atoms with van der Waals surface area (Å²) in [6, 6.07) is 3.43. The molecule has 8 nitrogen and oxygen atoms in total. The van der Waals surface area contributed by atoms with E-state index in [-0.39, 0.29) is 10.8 Å². The zero-order chi connectivity index (χ0) is 20.3. The second-order valence-corrected chi connectivity index (χ2v) is 10.1. The molecule has 2 N–H and O–H groups in total. The van der Waals surface area contributed by atoms with Gasteiger partial charge in [0.15, 0.2) is 9.84 Å². The minimum Gasteiger partial charge on any atom is -0.309 e. The van der Waals surface area contributed by atoms with E-state index in [9.17, 15) is 18.0 Å². The average Bonchev–Trinajstić information content (AvgIpc) is 3.33. The fourth-order valence-corrected chi connectivity index (χ4v) is 4.69. The Morgan fingerprint density at radius 2 is 2.04 bits per heavy atom. The van der Waals surface area contributed by atoms with Crippen LogP contribution in [0.1, 0.15) is 52.0 Å². The molecule has 28 heavy (non-hydrogen) atoms. The van der Waals surface area contributed by atoms with Crippen LogP contribution in [-0.2, 0) is 14.6 Å². The van der Waals surface area contributed by atoms with E-state index in [1.54, 1.807) is 19.9 Å². The monoisotopic (exact) mass is 406 g/mol. The van der Waals surface area contributed by atoms with Crippen LogP contribution in [0.3, 0.4) is 0 Å². The number of rotatable bonds is 7. The lowest BCUT2D eigenvalue weighted by Crippen LogP contribution is -2.34. The highest BCUT2D eigenvalue weighted by Crippen LogP contribution is 2.32. The molecule has 1 fully saturated rings. The van der Waals surface area contributed by atoms with Crippen molar-refractivity contribution in [1.29, 1.82) is 0 Å². The van der Waals surface area contributed by atoms with Crippen molar-refractivity contribution in [3.63, 3.8) is 0 Å². The highest BCUT2D eigenvalue weighted by molar-refractivity contribution is 7.92. The molecular weight excluding hydrogens is 380 g/mol. The minimum atomic E-state index is -3.55. The summed E-state index contributed by atoms with van der Waals surface area (Å²) < 4.78 is 26.0. The van der Waals surface area contributed by atoms with E-state index in [2.05, 4.69) is 15.5 Å². The van der Waals surface area contributed by atoms with Gasteiger partial charge in [-0.25, -0.2) is 8.42 Å². The quantitative estimate of drug-likeness (QED) is 0.733. The number of aromatic amines is 1. The molecule has 9 heteroatoms. The molecule has 0 saturated heterocycles. The Morgan fingerprint density at radius 1 is 1.32 bits per heavy atom. The average molecular weight is 407 g/mol. The van der Waals surface area contributed by atoms with Gasteiger partial charge in [0.25, 0.3) is 5.56 Å². The van der Waals surface area contributed by atoms with E-state index in [0.29, 0.717) is 18.2 Å². The van der Waals surface area contributed by atoms with Crippen LogP contribution < -0.4 is 10.9 Å². The van der Waals surface area contributed by atoms with Crippen LogP contribution in [0.25, 0.3) is 0 Å². The van der Waals surface area contributed by atoms with Gasteiger partial charge in [-0.2, -0.15) is 5.10 Å². The lowest BCUT2D eigenvalue weighted by Gasteiger charge is -2.22. The largest absolute Gasteiger partial charge is 0.309 e. The van der Waals surface area contributed by atoms with Gasteiger partial charge in [-0.1, -0.05) is 25.7 Å². The van der Waals surface area contributed by atoms with Crippen molar-refractivity contribution in [1.82, 2.24) is 14.8 Å². The number of pyridine rings is 1. The molecule has 1 atom stereocenters. The molecule has 2 aromatic heterocycles. The van der Waals surface area contributed by atoms with E-state index in [1.807, 2.05) is 0 Å². The zero-order valence-electron chi connectivity index (χ0n) is 16.1. The number of H-pyrrole nitrogens is 1. The third-order valence-electron chi connectivity index (χ3n) is 5.30. The van der Waals surface area contributed by atoms with Crippen LogP contribution in [0.2, 0.25) is 0 Å². The van der Waals surface area contributed by atoms with Crippen LogP contribution in [0, 0.1) is 5.92 Å². The van der Waals surface area contributed by atoms with Gasteiger partial charge in [-0.3, -0.25) is 14.7 Å². The molecule has 1 aliphatic rings. The molecule has 0 radical (unpaired) electrons. The number of hydrogen-bond donors (Lipinski definition) is 2. The predicted molar refractivity (Wildman–Crippen MR) is 106 cm³/mol. The maximum atomic E-state index is 12.9. The van der Waals surface area contributed by atoms with Crippen LogP contribution in [0.15, 0.2) is 40.3 Å². The number of amides is 1. The molecule has 1 saturated carbocycles. The van der Waals surface area contributed by atoms with E-state index in [4.69, 9.17) is 0 Å². The summed E-state index contributed by atoms with van der Waals surface area (Å²) in [5.74, 6) is 0.495. The van der Waals surface area contributed by atoms with Gasteiger partial charge >= 0.3 is 0 Å². The molecule has 2 aromatic rings. The van der Waals surface area contributed by atoms with Crippen molar-refractivity contribution in [3.8, 4) is 0 Å². The first-order chi connectivity index (χ1) is 13.3. The lowest BCUT2D eigenvalue weighted by atomic mass is 9.97. The molecule has 0 spiro atoms. The summed E-state index contributed by atoms with van der Waals surface area (Å²) in [5.41, 5.74) is -0.496. The van der Waals surface area contributed by atoms with Crippen molar-refractivity contribution >= 4 is 21.6 Å². The van der Waals surface area contributed by atoms with Gasteiger partial charge in [0.2, 0.25) is 5.91 Å². The number of aromatic nitrogens is 3. The number of hydrogen-bond acceptors (Lipinski definition) is 5. The van der Waals surface area contributed by atoms with Crippen molar-refractivity contribution in [3.05, 3.63) is 40.9 Å². The summed E-state index contributed by atoms with van der Waals surface area (Å²) in [7, 11) is -3.55. The molecule has 3 rings (SSSR count). The molecule has 0 aliphatic heterocycles. The summed E-state index contributed by atoms with van der Waals surface area (Å²) in [6.07, 6.45) is 7.80. The van der Waals surface area contributed by atoms with Crippen LogP contribution in [-0.4, -0.2) is 34.3 Å². The predicted octanol–water partition coefficient (Wildman–Crippen LogP) is 2.51. The van der Waals surface area contributed by atoms with Gasteiger partial charge in [0.1, 0.15) is 11.9 Å². The summed E-state index contributed by atoms with van der Waals surface area (Å²) in [6.45, 7) is 3.14. The van der Waals surface area contributed by atoms with E-state index < -0.39 is 26.7 Å². The number of sulfone groups is 1. The second-order valence-electron chi connectivity index (χ2n) is 7.56. The fraction of sp³-hybridized carbons (Fsp3) is 0.526. The normalized spacial score (nSPS) is 16.4. The third-order valence-corrected chi connectivity index (χ3v) is 7.45. The van der Waals surface area contributed by atoms with Crippen molar-refractivity contribution in [2.45, 2.75) is 62.1 Å². The maximum absolute atomic E-state index is 12.9. The minimum absolute atomic E-state index is 0.0163. The summed E-state index contributed by atoms with van der Waals surface area (Å²) >= 11 is 0. The van der Waals surface area contributed by atoms with Gasteiger partial charge in [0.05, 0.1) is 16.3 Å². The van der Waals surface area contributed by atoms with Crippen LogP contribution in [0.4, 0.5) is 5.82 Å². The SMILES string of the molecule is CC(C)S(=O)(=O)c1ccn([C@@H](CC2CCCC2)C(=O)Nc2ccn[nH]2)c(=O)c1. The fourth-order valence-electron chi connectivity index (χ4n) is 3.63. The number of nitrogens with one attached hydrogen (secondary N) is 2. The topological polar surface area (TPSA) is 114 Å². The summed E-state index contributed by atoms with van der Waals surface area (Å²) in [5, 5.41) is 8.61. The number of anilines is 1. The van der Waals surface area contributed by atoms with Gasteiger partial charge in [0, 0.05) is 18.3 Å². The molecule has 0 aromatic carbocycles. The molecular formula is C19H26N4O4S. The van der Waals surface area contributed by atoms with Crippen molar-refractivity contribution in [2.75, 3.05) is 5.32 Å². The van der Waals surface area contributed by atoms with Crippen LogP contribution >= 0.6 is 0 Å². The van der Waals surface area contributed by atoms with Crippen LogP contribution in [0.5, 0.6) is 0 Å². The first-order valence-electron chi connectivity index (χ1n) is 9.55. The number of carbonyl (C=O) groups is 1. The molecule has 152 valence electrons. The second kappa shape index (κ2) is 8.30. The Bertz CT molecular complexity index is 974. The Labute approximate surface area is 164 Å². The first kappa shape index (κ1) is 20.3. The van der Waals surface area contributed by atoms with Gasteiger partial charge < -0.3 is 9.88 Å². The highest BCUT2D eigenvalue weighted by Gasteiger charge is 2.28.